The average molecular weight is 229 g/mol. The summed E-state index contributed by atoms with van der Waals surface area (Å²) in [5.74, 6) is 0.804. The molecule has 72 valence electrons. The Hall–Kier alpha value is 0.630. The molecule has 0 fully saturated rings. The Morgan fingerprint density at radius 3 is 2.50 bits per heavy atom. The number of hydrogen-bond donors (Lipinski definition) is 0. The van der Waals surface area contributed by atoms with Crippen LogP contribution in [0.1, 0.15) is 25.7 Å². The van der Waals surface area contributed by atoms with E-state index in [0.29, 0.717) is 4.49 Å². The predicted octanol–water partition coefficient (Wildman–Crippen LogP) is 3.24. The van der Waals surface area contributed by atoms with Crippen molar-refractivity contribution in [1.29, 1.82) is 0 Å². The summed E-state index contributed by atoms with van der Waals surface area (Å²) in [5.41, 5.74) is 0. The molecule has 0 saturated carbocycles. The first-order valence-corrected chi connectivity index (χ1v) is 6.42. The molecule has 0 aromatic carbocycles. The number of rotatable bonds is 6. The maximum Gasteiger partial charge on any atom is 0.105 e. The van der Waals surface area contributed by atoms with Crippen molar-refractivity contribution < 1.29 is 4.55 Å². The fourth-order valence-electron chi connectivity index (χ4n) is 0.838. The van der Waals surface area contributed by atoms with Gasteiger partial charge in [0.05, 0.1) is 6.26 Å². The summed E-state index contributed by atoms with van der Waals surface area (Å²) in [5, 5.41) is 0. The molecule has 1 unspecified atom stereocenters. The van der Waals surface area contributed by atoms with Crippen molar-refractivity contribution >= 4 is 34.4 Å². The van der Waals surface area contributed by atoms with Gasteiger partial charge in [0.15, 0.2) is 0 Å². The summed E-state index contributed by atoms with van der Waals surface area (Å²) >= 11 is 10.2. The minimum absolute atomic E-state index is 0.342. The number of allylic oxidation sites excluding steroid dienone is 1. The molecule has 4 heteroatoms. The molecular weight excluding hydrogens is 215 g/mol. The maximum absolute atomic E-state index is 10.6. The molecular formula is C8H14Cl2OS. The smallest absolute Gasteiger partial charge is 0.105 e. The van der Waals surface area contributed by atoms with Crippen LogP contribution in [-0.2, 0) is 11.2 Å². The van der Waals surface area contributed by atoms with Crippen molar-refractivity contribution in [3.8, 4) is 0 Å². The first-order chi connectivity index (χ1) is 5.63. The van der Waals surface area contributed by atoms with Gasteiger partial charge in [-0.05, 0) is 25.7 Å². The first-order valence-electron chi connectivity index (χ1n) is 3.94. The zero-order valence-corrected chi connectivity index (χ0v) is 9.51. The minimum atomic E-state index is -0.647. The fraction of sp³-hybridized carbons (Fsp3) is 0.750. The van der Waals surface area contributed by atoms with Gasteiger partial charge in [-0.15, -0.1) is 0 Å². The van der Waals surface area contributed by atoms with Crippen molar-refractivity contribution in [3.63, 3.8) is 0 Å². The lowest BCUT2D eigenvalue weighted by molar-refractivity contribution is 0.594. The van der Waals surface area contributed by atoms with Gasteiger partial charge in [-0.25, -0.2) is 0 Å². The average Bonchev–Trinajstić information content (AvgIpc) is 1.95. The van der Waals surface area contributed by atoms with Gasteiger partial charge in [0, 0.05) is 0 Å². The summed E-state index contributed by atoms with van der Waals surface area (Å²) in [6.07, 6.45) is 7.63. The third-order valence-corrected chi connectivity index (χ3v) is 2.61. The zero-order valence-electron chi connectivity index (χ0n) is 7.19. The lowest BCUT2D eigenvalue weighted by Crippen LogP contribution is -2.02. The third kappa shape index (κ3) is 10.6. The van der Waals surface area contributed by atoms with E-state index in [0.717, 1.165) is 31.4 Å². The summed E-state index contributed by atoms with van der Waals surface area (Å²) < 4.78 is 11.0. The lowest BCUT2D eigenvalue weighted by Gasteiger charge is -2.03. The van der Waals surface area contributed by atoms with Gasteiger partial charge in [0.1, 0.15) is 10.2 Å². The lowest BCUT2D eigenvalue weighted by atomic mass is 10.2. The van der Waals surface area contributed by atoms with Crippen LogP contribution in [0, 0.1) is 0 Å². The van der Waals surface area contributed by atoms with Crippen LogP contribution in [0.15, 0.2) is 10.6 Å². The largest absolute Gasteiger partial charge is 0.617 e. The van der Waals surface area contributed by atoms with Crippen LogP contribution in [0.4, 0.5) is 0 Å². The highest BCUT2D eigenvalue weighted by atomic mass is 35.5. The second kappa shape index (κ2) is 8.24. The standard InChI is InChI=1S/C8H14Cl2OS/c1-12(11)7-5-3-2-4-6-8(9)10/h6H,2-5,7H2,1H3. The van der Waals surface area contributed by atoms with E-state index in [1.165, 1.54) is 0 Å². The van der Waals surface area contributed by atoms with E-state index in [4.69, 9.17) is 23.2 Å². The van der Waals surface area contributed by atoms with Crippen LogP contribution in [0.25, 0.3) is 0 Å². The number of unbranched alkanes of at least 4 members (excludes halogenated alkanes) is 3. The molecule has 0 aliphatic carbocycles. The number of hydrogen-bond acceptors (Lipinski definition) is 1. The minimum Gasteiger partial charge on any atom is -0.617 e. The molecule has 0 aromatic heterocycles. The summed E-state index contributed by atoms with van der Waals surface area (Å²) in [6.45, 7) is 0. The maximum atomic E-state index is 10.6. The molecule has 0 aliphatic heterocycles. The molecule has 1 atom stereocenters. The molecule has 0 rings (SSSR count). The Labute approximate surface area is 87.3 Å². The van der Waals surface area contributed by atoms with E-state index >= 15 is 0 Å². The van der Waals surface area contributed by atoms with E-state index in [9.17, 15) is 4.55 Å². The van der Waals surface area contributed by atoms with E-state index in [2.05, 4.69) is 0 Å². The molecule has 0 amide bonds. The van der Waals surface area contributed by atoms with Gasteiger partial charge in [-0.3, -0.25) is 0 Å². The van der Waals surface area contributed by atoms with E-state index < -0.39 is 11.2 Å². The Balaban J connectivity index is 3.06. The molecule has 0 bridgehead atoms. The zero-order chi connectivity index (χ0) is 9.40. The molecule has 12 heavy (non-hydrogen) atoms. The molecule has 0 aromatic rings. The molecule has 0 aliphatic rings. The van der Waals surface area contributed by atoms with Crippen LogP contribution in [0.2, 0.25) is 0 Å². The van der Waals surface area contributed by atoms with Crippen LogP contribution >= 0.6 is 23.2 Å². The fourth-order valence-corrected chi connectivity index (χ4v) is 1.67. The van der Waals surface area contributed by atoms with Crippen LogP contribution in [-0.4, -0.2) is 16.6 Å². The third-order valence-electron chi connectivity index (χ3n) is 1.43. The van der Waals surface area contributed by atoms with Crippen molar-refractivity contribution in [2.24, 2.45) is 0 Å². The Kier molecular flexibility index (Phi) is 8.67. The van der Waals surface area contributed by atoms with Crippen LogP contribution in [0.5, 0.6) is 0 Å². The molecule has 0 radical (unpaired) electrons. The van der Waals surface area contributed by atoms with Gasteiger partial charge >= 0.3 is 0 Å². The SMILES string of the molecule is C[S+]([O-])CCCCCC=C(Cl)Cl. The van der Waals surface area contributed by atoms with Gasteiger partial charge < -0.3 is 4.55 Å². The molecule has 0 saturated heterocycles. The molecule has 1 nitrogen and oxygen atoms in total. The number of halogens is 2. The second-order valence-corrected chi connectivity index (χ2v) is 5.18. The monoisotopic (exact) mass is 228 g/mol. The van der Waals surface area contributed by atoms with Crippen molar-refractivity contribution in [3.05, 3.63) is 10.6 Å². The highest BCUT2D eigenvalue weighted by Gasteiger charge is 1.95. The Morgan fingerprint density at radius 2 is 2.00 bits per heavy atom. The molecule has 0 spiro atoms. The first kappa shape index (κ1) is 12.6. The van der Waals surface area contributed by atoms with Crippen molar-refractivity contribution in [2.45, 2.75) is 25.7 Å². The van der Waals surface area contributed by atoms with E-state index in [1.807, 2.05) is 0 Å². The van der Waals surface area contributed by atoms with E-state index in [1.54, 1.807) is 12.3 Å². The topological polar surface area (TPSA) is 23.1 Å². The summed E-state index contributed by atoms with van der Waals surface area (Å²) in [6, 6.07) is 0. The Morgan fingerprint density at radius 1 is 1.33 bits per heavy atom. The normalized spacial score (nSPS) is 12.7. The van der Waals surface area contributed by atoms with Gasteiger partial charge in [0.2, 0.25) is 0 Å². The molecule has 0 N–H and O–H groups in total. The highest BCUT2D eigenvalue weighted by molar-refractivity contribution is 7.90. The van der Waals surface area contributed by atoms with Gasteiger partial charge in [-0.2, -0.15) is 0 Å². The second-order valence-electron chi connectivity index (χ2n) is 2.62. The van der Waals surface area contributed by atoms with Crippen molar-refractivity contribution in [2.75, 3.05) is 12.0 Å². The predicted molar refractivity (Wildman–Crippen MR) is 57.2 cm³/mol. The Bertz CT molecular complexity index is 133. The summed E-state index contributed by atoms with van der Waals surface area (Å²) in [4.78, 5) is 0. The quantitative estimate of drug-likeness (QED) is 0.506. The van der Waals surface area contributed by atoms with Crippen molar-refractivity contribution in [1.82, 2.24) is 0 Å². The van der Waals surface area contributed by atoms with E-state index in [-0.39, 0.29) is 0 Å². The molecule has 0 heterocycles. The summed E-state index contributed by atoms with van der Waals surface area (Å²) in [7, 11) is 0. The van der Waals surface area contributed by atoms with Gasteiger partial charge in [-0.1, -0.05) is 40.5 Å². The van der Waals surface area contributed by atoms with Gasteiger partial charge in [0.25, 0.3) is 0 Å². The van der Waals surface area contributed by atoms with Crippen LogP contribution < -0.4 is 0 Å². The van der Waals surface area contributed by atoms with Crippen LogP contribution in [0.3, 0.4) is 0 Å². The highest BCUT2D eigenvalue weighted by Crippen LogP contribution is 2.10.